The fraction of sp³-hybridized carbons (Fsp3) is 0.409. The summed E-state index contributed by atoms with van der Waals surface area (Å²) in [4.78, 5) is 15.9. The van der Waals surface area contributed by atoms with E-state index in [1.807, 2.05) is 36.4 Å². The molecule has 0 N–H and O–H groups in total. The van der Waals surface area contributed by atoms with Crippen molar-refractivity contribution in [2.75, 3.05) is 44.2 Å². The molecule has 2 aliphatic rings. The molecular weight excluding hydrogens is 359 g/mol. The molecule has 2 fully saturated rings. The lowest BCUT2D eigenvalue weighted by Crippen LogP contribution is -2.47. The third kappa shape index (κ3) is 4.62. The van der Waals surface area contributed by atoms with Crippen molar-refractivity contribution in [1.29, 1.82) is 0 Å². The fourth-order valence-corrected chi connectivity index (χ4v) is 3.71. The number of piperazine rings is 1. The quantitative estimate of drug-likeness (QED) is 0.714. The van der Waals surface area contributed by atoms with Gasteiger partial charge in [-0.05, 0) is 48.4 Å². The summed E-state index contributed by atoms with van der Waals surface area (Å²) in [5.74, 6) is 0.514. The van der Waals surface area contributed by atoms with E-state index in [-0.39, 0.29) is 17.9 Å². The second kappa shape index (κ2) is 8.61. The van der Waals surface area contributed by atoms with Crippen molar-refractivity contribution in [2.45, 2.75) is 18.9 Å². The van der Waals surface area contributed by atoms with Crippen LogP contribution in [-0.4, -0.2) is 50.2 Å². The van der Waals surface area contributed by atoms with Gasteiger partial charge >= 0.3 is 5.97 Å². The Kier molecular flexibility index (Phi) is 5.76. The van der Waals surface area contributed by atoms with Crippen molar-refractivity contribution >= 4 is 11.7 Å². The number of anilines is 1. The standard InChI is InChI=1S/C22H25FN2O3/c23-18-3-5-19(6-4-18)25-13-11-24(12-14-25)15-16-27-20-7-1-17(2-8-20)21-9-10-22(26)28-21/h1-8,21H,9-16H2. The largest absolute Gasteiger partial charge is 0.492 e. The Morgan fingerprint density at radius 1 is 1.00 bits per heavy atom. The summed E-state index contributed by atoms with van der Waals surface area (Å²) in [6.07, 6.45) is 1.14. The molecule has 2 aromatic carbocycles. The number of rotatable bonds is 6. The maximum absolute atomic E-state index is 13.1. The van der Waals surface area contributed by atoms with Gasteiger partial charge in [-0.3, -0.25) is 9.69 Å². The Hall–Kier alpha value is -2.60. The van der Waals surface area contributed by atoms with Gasteiger partial charge in [-0.2, -0.15) is 0 Å². The number of ether oxygens (including phenoxy) is 2. The van der Waals surface area contributed by atoms with Crippen molar-refractivity contribution < 1.29 is 18.7 Å². The highest BCUT2D eigenvalue weighted by molar-refractivity contribution is 5.71. The normalized spacial score (nSPS) is 20.2. The third-order valence-corrected chi connectivity index (χ3v) is 5.38. The molecule has 5 nitrogen and oxygen atoms in total. The summed E-state index contributed by atoms with van der Waals surface area (Å²) >= 11 is 0. The highest BCUT2D eigenvalue weighted by atomic mass is 19.1. The average molecular weight is 384 g/mol. The van der Waals surface area contributed by atoms with E-state index in [1.165, 1.54) is 12.1 Å². The van der Waals surface area contributed by atoms with Crippen LogP contribution in [0.3, 0.4) is 0 Å². The summed E-state index contributed by atoms with van der Waals surface area (Å²) in [5, 5.41) is 0. The van der Waals surface area contributed by atoms with Crippen LogP contribution in [-0.2, 0) is 9.53 Å². The van der Waals surface area contributed by atoms with Crippen LogP contribution in [0.1, 0.15) is 24.5 Å². The van der Waals surface area contributed by atoms with Crippen molar-refractivity contribution in [2.24, 2.45) is 0 Å². The zero-order valence-corrected chi connectivity index (χ0v) is 15.9. The van der Waals surface area contributed by atoms with Gasteiger partial charge in [0.2, 0.25) is 0 Å². The van der Waals surface area contributed by atoms with Crippen LogP contribution in [0.5, 0.6) is 5.75 Å². The lowest BCUT2D eigenvalue weighted by molar-refractivity contribution is -0.141. The first-order valence-corrected chi connectivity index (χ1v) is 9.82. The summed E-state index contributed by atoms with van der Waals surface area (Å²) in [6.45, 7) is 5.30. The Balaban J connectivity index is 1.19. The van der Waals surface area contributed by atoms with Gasteiger partial charge in [0.25, 0.3) is 0 Å². The van der Waals surface area contributed by atoms with Gasteiger partial charge in [-0.25, -0.2) is 4.39 Å². The molecule has 148 valence electrons. The number of nitrogens with zero attached hydrogens (tertiary/aromatic N) is 2. The zero-order chi connectivity index (χ0) is 19.3. The number of carbonyl (C=O) groups is 1. The van der Waals surface area contributed by atoms with E-state index in [1.54, 1.807) is 0 Å². The number of cyclic esters (lactones) is 1. The maximum Gasteiger partial charge on any atom is 0.306 e. The van der Waals surface area contributed by atoms with Gasteiger partial charge in [-0.1, -0.05) is 12.1 Å². The summed E-state index contributed by atoms with van der Waals surface area (Å²) < 4.78 is 24.2. The molecule has 0 aliphatic carbocycles. The van der Waals surface area contributed by atoms with Crippen LogP contribution < -0.4 is 9.64 Å². The molecule has 1 atom stereocenters. The highest BCUT2D eigenvalue weighted by Gasteiger charge is 2.24. The molecule has 0 radical (unpaired) electrons. The fourth-order valence-electron chi connectivity index (χ4n) is 3.71. The summed E-state index contributed by atoms with van der Waals surface area (Å²) in [7, 11) is 0. The molecule has 4 rings (SSSR count). The molecule has 2 heterocycles. The van der Waals surface area contributed by atoms with Gasteiger partial charge in [0, 0.05) is 44.8 Å². The van der Waals surface area contributed by atoms with E-state index in [4.69, 9.17) is 9.47 Å². The number of hydrogen-bond acceptors (Lipinski definition) is 5. The SMILES string of the molecule is O=C1CCC(c2ccc(OCCN3CCN(c4ccc(F)cc4)CC3)cc2)O1. The van der Waals surface area contributed by atoms with Crippen LogP contribution in [0.2, 0.25) is 0 Å². The summed E-state index contributed by atoms with van der Waals surface area (Å²) in [6, 6.07) is 14.5. The van der Waals surface area contributed by atoms with Gasteiger partial charge in [0.15, 0.2) is 0 Å². The Morgan fingerprint density at radius 2 is 1.71 bits per heavy atom. The van der Waals surface area contributed by atoms with Gasteiger partial charge in [0.1, 0.15) is 24.3 Å². The molecule has 28 heavy (non-hydrogen) atoms. The molecule has 6 heteroatoms. The molecule has 0 saturated carbocycles. The number of carbonyl (C=O) groups excluding carboxylic acids is 1. The lowest BCUT2D eigenvalue weighted by atomic mass is 10.1. The van der Waals surface area contributed by atoms with E-state index in [0.29, 0.717) is 13.0 Å². The topological polar surface area (TPSA) is 42.0 Å². The van der Waals surface area contributed by atoms with Crippen molar-refractivity contribution in [3.05, 3.63) is 59.9 Å². The third-order valence-electron chi connectivity index (χ3n) is 5.38. The Labute approximate surface area is 164 Å². The molecule has 0 spiro atoms. The van der Waals surface area contributed by atoms with E-state index >= 15 is 0 Å². The predicted octanol–water partition coefficient (Wildman–Crippen LogP) is 3.40. The maximum atomic E-state index is 13.1. The van der Waals surface area contributed by atoms with E-state index < -0.39 is 0 Å². The van der Waals surface area contributed by atoms with Crippen molar-refractivity contribution in [1.82, 2.24) is 4.90 Å². The Bertz CT molecular complexity index is 786. The molecule has 1 unspecified atom stereocenters. The molecule has 2 saturated heterocycles. The van der Waals surface area contributed by atoms with Crippen LogP contribution in [0.15, 0.2) is 48.5 Å². The van der Waals surface area contributed by atoms with Crippen LogP contribution in [0.4, 0.5) is 10.1 Å². The average Bonchev–Trinajstić information content (AvgIpc) is 3.16. The Morgan fingerprint density at radius 3 is 2.36 bits per heavy atom. The van der Waals surface area contributed by atoms with Gasteiger partial charge < -0.3 is 14.4 Å². The zero-order valence-electron chi connectivity index (χ0n) is 15.9. The molecule has 0 bridgehead atoms. The first-order chi connectivity index (χ1) is 13.7. The molecule has 0 aromatic heterocycles. The minimum Gasteiger partial charge on any atom is -0.492 e. The smallest absolute Gasteiger partial charge is 0.306 e. The second-order valence-corrected chi connectivity index (χ2v) is 7.24. The number of benzene rings is 2. The second-order valence-electron chi connectivity index (χ2n) is 7.24. The van der Waals surface area contributed by atoms with E-state index in [0.717, 1.165) is 56.1 Å². The van der Waals surface area contributed by atoms with E-state index in [2.05, 4.69) is 9.80 Å². The molecular formula is C22H25FN2O3. The van der Waals surface area contributed by atoms with Crippen molar-refractivity contribution in [3.8, 4) is 5.75 Å². The lowest BCUT2D eigenvalue weighted by Gasteiger charge is -2.36. The monoisotopic (exact) mass is 384 g/mol. The molecule has 0 amide bonds. The first-order valence-electron chi connectivity index (χ1n) is 9.82. The van der Waals surface area contributed by atoms with Gasteiger partial charge in [-0.15, -0.1) is 0 Å². The van der Waals surface area contributed by atoms with E-state index in [9.17, 15) is 9.18 Å². The van der Waals surface area contributed by atoms with Crippen molar-refractivity contribution in [3.63, 3.8) is 0 Å². The predicted molar refractivity (Wildman–Crippen MR) is 105 cm³/mol. The summed E-state index contributed by atoms with van der Waals surface area (Å²) in [5.41, 5.74) is 2.10. The van der Waals surface area contributed by atoms with Crippen LogP contribution in [0, 0.1) is 5.82 Å². The highest BCUT2D eigenvalue weighted by Crippen LogP contribution is 2.30. The minimum absolute atomic E-state index is 0.112. The molecule has 2 aromatic rings. The van der Waals surface area contributed by atoms with Crippen LogP contribution >= 0.6 is 0 Å². The number of esters is 1. The molecule has 2 aliphatic heterocycles. The van der Waals surface area contributed by atoms with Gasteiger partial charge in [0.05, 0.1) is 0 Å². The number of halogens is 1. The first kappa shape index (κ1) is 18.7. The van der Waals surface area contributed by atoms with Crippen LogP contribution in [0.25, 0.3) is 0 Å². The minimum atomic E-state index is -0.197. The number of hydrogen-bond donors (Lipinski definition) is 0.